The van der Waals surface area contributed by atoms with E-state index in [0.29, 0.717) is 19.5 Å². The molecule has 0 spiro atoms. The van der Waals surface area contributed by atoms with Gasteiger partial charge in [0, 0.05) is 19.5 Å². The van der Waals surface area contributed by atoms with Crippen molar-refractivity contribution in [2.24, 2.45) is 0 Å². The number of methoxy groups -OCH3 is 1. The lowest BCUT2D eigenvalue weighted by molar-refractivity contribution is 0.241. The molecular weight excluding hydrogens is 316 g/mol. The Labute approximate surface area is 146 Å². The molecule has 1 aromatic heterocycles. The molecule has 3 aromatic rings. The Morgan fingerprint density at radius 1 is 1.04 bits per heavy atom. The number of amides is 2. The van der Waals surface area contributed by atoms with Gasteiger partial charge in [-0.2, -0.15) is 0 Å². The smallest absolute Gasteiger partial charge is 0.314 e. The van der Waals surface area contributed by atoms with Gasteiger partial charge >= 0.3 is 6.03 Å². The van der Waals surface area contributed by atoms with Crippen LogP contribution in [0.4, 0.5) is 4.79 Å². The van der Waals surface area contributed by atoms with Crippen molar-refractivity contribution < 1.29 is 9.53 Å². The molecular formula is C19H22N4O2. The van der Waals surface area contributed by atoms with Crippen molar-refractivity contribution in [3.8, 4) is 5.75 Å². The summed E-state index contributed by atoms with van der Waals surface area (Å²) in [5.74, 6) is 1.71. The molecule has 6 heteroatoms. The molecule has 0 atom stereocenters. The van der Waals surface area contributed by atoms with Gasteiger partial charge in [0.2, 0.25) is 0 Å². The molecule has 25 heavy (non-hydrogen) atoms. The zero-order chi connectivity index (χ0) is 17.5. The molecule has 6 nitrogen and oxygen atoms in total. The SMILES string of the molecule is COc1ccc(CCNC(=O)NCCc2nc3ccccc3[nH]2)cc1. The maximum absolute atomic E-state index is 11.8. The predicted molar refractivity (Wildman–Crippen MR) is 97.9 cm³/mol. The highest BCUT2D eigenvalue weighted by atomic mass is 16.5. The van der Waals surface area contributed by atoms with Crippen LogP contribution in [0.3, 0.4) is 0 Å². The minimum Gasteiger partial charge on any atom is -0.497 e. The zero-order valence-electron chi connectivity index (χ0n) is 14.2. The standard InChI is InChI=1S/C19H22N4O2/c1-25-15-8-6-14(7-9-15)10-12-20-19(24)21-13-11-18-22-16-4-2-3-5-17(16)23-18/h2-9H,10-13H2,1H3,(H,22,23)(H2,20,21,24). The minimum absolute atomic E-state index is 0.162. The average molecular weight is 338 g/mol. The summed E-state index contributed by atoms with van der Waals surface area (Å²) in [6, 6.07) is 15.6. The topological polar surface area (TPSA) is 79.0 Å². The number of H-pyrrole nitrogens is 1. The van der Waals surface area contributed by atoms with Crippen molar-refractivity contribution in [2.75, 3.05) is 20.2 Å². The third-order valence-corrected chi connectivity index (χ3v) is 3.94. The van der Waals surface area contributed by atoms with E-state index < -0.39 is 0 Å². The van der Waals surface area contributed by atoms with Gasteiger partial charge < -0.3 is 20.4 Å². The Hall–Kier alpha value is -3.02. The number of carbonyl (C=O) groups is 1. The van der Waals surface area contributed by atoms with Crippen LogP contribution in [0.25, 0.3) is 11.0 Å². The molecule has 0 aliphatic heterocycles. The van der Waals surface area contributed by atoms with Crippen LogP contribution in [0.1, 0.15) is 11.4 Å². The van der Waals surface area contributed by atoms with Crippen LogP contribution >= 0.6 is 0 Å². The number of nitrogens with zero attached hydrogens (tertiary/aromatic N) is 1. The highest BCUT2D eigenvalue weighted by Gasteiger charge is 2.04. The molecule has 2 aromatic carbocycles. The lowest BCUT2D eigenvalue weighted by Crippen LogP contribution is -2.37. The van der Waals surface area contributed by atoms with Crippen LogP contribution < -0.4 is 15.4 Å². The van der Waals surface area contributed by atoms with E-state index in [4.69, 9.17) is 4.74 Å². The second-order valence-electron chi connectivity index (χ2n) is 5.73. The first-order chi connectivity index (χ1) is 12.2. The minimum atomic E-state index is -0.162. The summed E-state index contributed by atoms with van der Waals surface area (Å²) >= 11 is 0. The second-order valence-corrected chi connectivity index (χ2v) is 5.73. The van der Waals surface area contributed by atoms with Crippen molar-refractivity contribution in [3.05, 3.63) is 59.9 Å². The Balaban J connectivity index is 1.36. The van der Waals surface area contributed by atoms with Crippen molar-refractivity contribution >= 4 is 17.1 Å². The lowest BCUT2D eigenvalue weighted by atomic mass is 10.1. The van der Waals surface area contributed by atoms with E-state index in [1.807, 2.05) is 48.5 Å². The van der Waals surface area contributed by atoms with Crippen molar-refractivity contribution in [1.29, 1.82) is 0 Å². The Bertz CT molecular complexity index is 794. The molecule has 0 aliphatic carbocycles. The first kappa shape index (κ1) is 16.8. The van der Waals surface area contributed by atoms with Crippen LogP contribution in [-0.4, -0.2) is 36.2 Å². The molecule has 0 saturated heterocycles. The Morgan fingerprint density at radius 3 is 2.48 bits per heavy atom. The molecule has 3 rings (SSSR count). The number of carbonyl (C=O) groups excluding carboxylic acids is 1. The molecule has 130 valence electrons. The summed E-state index contributed by atoms with van der Waals surface area (Å²) in [6.07, 6.45) is 1.45. The van der Waals surface area contributed by atoms with Gasteiger partial charge in [-0.3, -0.25) is 0 Å². The number of fused-ring (bicyclic) bond motifs is 1. The van der Waals surface area contributed by atoms with Crippen molar-refractivity contribution in [3.63, 3.8) is 0 Å². The van der Waals surface area contributed by atoms with Gasteiger partial charge in [-0.25, -0.2) is 9.78 Å². The summed E-state index contributed by atoms with van der Waals surface area (Å²) in [5.41, 5.74) is 3.12. The highest BCUT2D eigenvalue weighted by molar-refractivity contribution is 5.75. The number of aromatic amines is 1. The Morgan fingerprint density at radius 2 is 1.76 bits per heavy atom. The van der Waals surface area contributed by atoms with E-state index in [9.17, 15) is 4.79 Å². The quantitative estimate of drug-likeness (QED) is 0.620. The molecule has 0 radical (unpaired) electrons. The van der Waals surface area contributed by atoms with Crippen LogP contribution in [0.5, 0.6) is 5.75 Å². The maximum Gasteiger partial charge on any atom is 0.314 e. The number of imidazole rings is 1. The maximum atomic E-state index is 11.8. The molecule has 0 bridgehead atoms. The summed E-state index contributed by atoms with van der Waals surface area (Å²) in [6.45, 7) is 1.12. The van der Waals surface area contributed by atoms with E-state index in [2.05, 4.69) is 20.6 Å². The Kier molecular flexibility index (Phi) is 5.51. The summed E-state index contributed by atoms with van der Waals surface area (Å²) < 4.78 is 5.12. The normalized spacial score (nSPS) is 10.6. The fraction of sp³-hybridized carbons (Fsp3) is 0.263. The summed E-state index contributed by atoms with van der Waals surface area (Å²) in [5, 5.41) is 5.71. The van der Waals surface area contributed by atoms with E-state index >= 15 is 0 Å². The molecule has 0 saturated carbocycles. The number of hydrogen-bond acceptors (Lipinski definition) is 3. The van der Waals surface area contributed by atoms with Crippen LogP contribution in [-0.2, 0) is 12.8 Å². The highest BCUT2D eigenvalue weighted by Crippen LogP contribution is 2.11. The number of ether oxygens (including phenoxy) is 1. The molecule has 2 amide bonds. The average Bonchev–Trinajstić information content (AvgIpc) is 3.05. The van der Waals surface area contributed by atoms with Crippen LogP contribution in [0, 0.1) is 0 Å². The van der Waals surface area contributed by atoms with E-state index in [-0.39, 0.29) is 6.03 Å². The van der Waals surface area contributed by atoms with Gasteiger partial charge in [-0.05, 0) is 36.2 Å². The van der Waals surface area contributed by atoms with Gasteiger partial charge in [-0.1, -0.05) is 24.3 Å². The molecule has 3 N–H and O–H groups in total. The number of aromatic nitrogens is 2. The van der Waals surface area contributed by atoms with E-state index in [1.165, 1.54) is 0 Å². The van der Waals surface area contributed by atoms with Crippen LogP contribution in [0.2, 0.25) is 0 Å². The second kappa shape index (κ2) is 8.19. The number of para-hydroxylation sites is 2. The largest absolute Gasteiger partial charge is 0.497 e. The summed E-state index contributed by atoms with van der Waals surface area (Å²) in [7, 11) is 1.65. The first-order valence-corrected chi connectivity index (χ1v) is 8.33. The summed E-state index contributed by atoms with van der Waals surface area (Å²) in [4.78, 5) is 19.6. The van der Waals surface area contributed by atoms with E-state index in [0.717, 1.165) is 34.6 Å². The van der Waals surface area contributed by atoms with Gasteiger partial charge in [-0.15, -0.1) is 0 Å². The number of nitrogens with one attached hydrogen (secondary N) is 3. The van der Waals surface area contributed by atoms with Gasteiger partial charge in [0.1, 0.15) is 11.6 Å². The van der Waals surface area contributed by atoms with Crippen molar-refractivity contribution in [1.82, 2.24) is 20.6 Å². The molecule has 0 aliphatic rings. The van der Waals surface area contributed by atoms with Gasteiger partial charge in [0.25, 0.3) is 0 Å². The number of hydrogen-bond donors (Lipinski definition) is 3. The fourth-order valence-electron chi connectivity index (χ4n) is 2.59. The van der Waals surface area contributed by atoms with Crippen LogP contribution in [0.15, 0.2) is 48.5 Å². The third-order valence-electron chi connectivity index (χ3n) is 3.94. The number of urea groups is 1. The number of rotatable bonds is 7. The van der Waals surface area contributed by atoms with E-state index in [1.54, 1.807) is 7.11 Å². The third kappa shape index (κ3) is 4.73. The lowest BCUT2D eigenvalue weighted by Gasteiger charge is -2.07. The predicted octanol–water partition coefficient (Wildman–Crippen LogP) is 2.66. The monoisotopic (exact) mass is 338 g/mol. The van der Waals surface area contributed by atoms with Gasteiger partial charge in [0.05, 0.1) is 18.1 Å². The zero-order valence-corrected chi connectivity index (χ0v) is 14.2. The molecule has 0 unspecified atom stereocenters. The first-order valence-electron chi connectivity index (χ1n) is 8.33. The fourth-order valence-corrected chi connectivity index (χ4v) is 2.59. The molecule has 1 heterocycles. The van der Waals surface area contributed by atoms with Crippen molar-refractivity contribution in [2.45, 2.75) is 12.8 Å². The van der Waals surface area contributed by atoms with Gasteiger partial charge in [0.15, 0.2) is 0 Å². The number of benzene rings is 2. The molecule has 0 fully saturated rings.